The average Bonchev–Trinajstić information content (AvgIpc) is 3.43. The Morgan fingerprint density at radius 3 is 2.44 bits per heavy atom. The van der Waals surface area contributed by atoms with Gasteiger partial charge in [-0.2, -0.15) is 9.97 Å². The Morgan fingerprint density at radius 2 is 1.79 bits per heavy atom. The van der Waals surface area contributed by atoms with E-state index in [1.54, 1.807) is 4.90 Å². The third-order valence-corrected chi connectivity index (χ3v) is 9.02. The largest absolute Gasteiger partial charge is 0.469 e. The van der Waals surface area contributed by atoms with Crippen LogP contribution in [0.15, 0.2) is 29.1 Å². The number of aromatic amines is 1. The van der Waals surface area contributed by atoms with Crippen molar-refractivity contribution in [3.63, 3.8) is 0 Å². The molecule has 0 radical (unpaired) electrons. The van der Waals surface area contributed by atoms with E-state index in [0.717, 1.165) is 30.4 Å². The summed E-state index contributed by atoms with van der Waals surface area (Å²) in [7, 11) is 1.36. The molecule has 0 aliphatic carbocycles. The molecule has 4 N–H and O–H groups in total. The number of benzene rings is 1. The highest BCUT2D eigenvalue weighted by molar-refractivity contribution is 5.89. The maximum absolute atomic E-state index is 14.6. The quantitative estimate of drug-likeness (QED) is 0.152. The molecule has 262 valence electrons. The van der Waals surface area contributed by atoms with E-state index < -0.39 is 17.3 Å². The number of H-pyrrole nitrogens is 1. The topological polar surface area (TPSA) is 178 Å². The number of nitrogens with two attached hydrogens (primary N) is 1. The minimum atomic E-state index is -1.36. The monoisotopic (exact) mass is 666 g/mol. The molecule has 1 aliphatic heterocycles. The van der Waals surface area contributed by atoms with Crippen LogP contribution in [0.4, 0.5) is 5.82 Å². The lowest BCUT2D eigenvalue weighted by molar-refractivity contribution is -0.146. The van der Waals surface area contributed by atoms with Crippen molar-refractivity contribution in [3.05, 3.63) is 45.9 Å². The van der Waals surface area contributed by atoms with Crippen LogP contribution in [0.25, 0.3) is 11.2 Å². The van der Waals surface area contributed by atoms with Gasteiger partial charge in [0.05, 0.1) is 26.2 Å². The molecule has 2 atom stereocenters. The van der Waals surface area contributed by atoms with E-state index in [1.165, 1.54) is 11.7 Å². The standard InChI is InChI=1S/C34H50N8O6/c1-6-10-19-48-32-38-28(35)27-29(39-32)42(33(46)37-27)34(31(45)40(8-3)9-4)17-11-18-41(22-34)25(12-7-2)30(44)36-21-24-15-13-23(14-16-24)20-26(43)47-5/h13-16,25H,6-12,17-22H2,1-5H3,(H,36,44)(H,37,46)(H2,35,38,39). The van der Waals surface area contributed by atoms with Gasteiger partial charge in [-0.3, -0.25) is 23.9 Å². The van der Waals surface area contributed by atoms with Gasteiger partial charge in [0.15, 0.2) is 11.5 Å². The molecule has 2 amide bonds. The van der Waals surface area contributed by atoms with Gasteiger partial charge in [0, 0.05) is 26.2 Å². The molecule has 4 rings (SSSR count). The molecular formula is C34H50N8O6. The maximum atomic E-state index is 14.6. The van der Waals surface area contributed by atoms with E-state index in [1.807, 2.05) is 56.9 Å². The van der Waals surface area contributed by atoms with Gasteiger partial charge in [-0.05, 0) is 57.2 Å². The minimum absolute atomic E-state index is 0.0425. The number of aromatic nitrogens is 4. The third kappa shape index (κ3) is 7.97. The number of likely N-dealkylation sites (N-methyl/N-ethyl adjacent to an activating group) is 1. The normalized spacial score (nSPS) is 17.2. The number of amides is 2. The van der Waals surface area contributed by atoms with Crippen molar-refractivity contribution in [1.29, 1.82) is 0 Å². The Hall–Kier alpha value is -4.46. The lowest BCUT2D eigenvalue weighted by Crippen LogP contribution is -2.63. The first-order valence-corrected chi connectivity index (χ1v) is 17.0. The number of fused-ring (bicyclic) bond motifs is 1. The van der Waals surface area contributed by atoms with Gasteiger partial charge >= 0.3 is 17.7 Å². The van der Waals surface area contributed by atoms with Crippen LogP contribution < -0.4 is 21.5 Å². The van der Waals surface area contributed by atoms with E-state index in [4.69, 9.17) is 15.2 Å². The minimum Gasteiger partial charge on any atom is -0.469 e. The number of likely N-dealkylation sites (tertiary alicyclic amines) is 1. The highest BCUT2D eigenvalue weighted by atomic mass is 16.5. The fourth-order valence-electron chi connectivity index (χ4n) is 6.42. The van der Waals surface area contributed by atoms with E-state index in [9.17, 15) is 19.2 Å². The van der Waals surface area contributed by atoms with Crippen molar-refractivity contribution in [2.75, 3.05) is 45.6 Å². The van der Waals surface area contributed by atoms with E-state index in [0.29, 0.717) is 52.0 Å². The molecule has 1 fully saturated rings. The number of anilines is 1. The van der Waals surface area contributed by atoms with Crippen LogP contribution in [0.5, 0.6) is 6.01 Å². The Balaban J connectivity index is 1.68. The van der Waals surface area contributed by atoms with Gasteiger partial charge in [-0.1, -0.05) is 51.0 Å². The number of unbranched alkanes of at least 4 members (excludes halogenated alkanes) is 1. The number of ether oxygens (including phenoxy) is 2. The van der Waals surface area contributed by atoms with E-state index in [-0.39, 0.29) is 53.7 Å². The number of imidazole rings is 1. The van der Waals surface area contributed by atoms with Crippen molar-refractivity contribution < 1.29 is 23.9 Å². The zero-order chi connectivity index (χ0) is 34.8. The molecular weight excluding hydrogens is 616 g/mol. The second-order valence-corrected chi connectivity index (χ2v) is 12.2. The Morgan fingerprint density at radius 1 is 1.08 bits per heavy atom. The first kappa shape index (κ1) is 36.4. The number of rotatable bonds is 16. The van der Waals surface area contributed by atoms with Gasteiger partial charge in [0.1, 0.15) is 11.1 Å². The van der Waals surface area contributed by atoms with Gasteiger partial charge in [0.2, 0.25) is 11.8 Å². The molecule has 48 heavy (non-hydrogen) atoms. The van der Waals surface area contributed by atoms with Crippen LogP contribution in [0.2, 0.25) is 0 Å². The Bertz CT molecular complexity index is 1620. The van der Waals surface area contributed by atoms with Crippen LogP contribution in [0, 0.1) is 0 Å². The number of carbonyl (C=O) groups excluding carboxylic acids is 3. The SMILES string of the molecule is CCCCOc1nc(N)c2[nH]c(=O)n(C3(C(=O)N(CC)CC)CCCN(C(CCC)C(=O)NCc4ccc(CC(=O)OC)cc4)C3)c2n1. The second-order valence-electron chi connectivity index (χ2n) is 12.2. The number of nitrogen functional groups attached to an aromatic ring is 1. The first-order valence-electron chi connectivity index (χ1n) is 17.0. The summed E-state index contributed by atoms with van der Waals surface area (Å²) in [6.45, 7) is 10.2. The number of hydrogen-bond donors (Lipinski definition) is 3. The molecule has 14 heteroatoms. The number of nitrogens with one attached hydrogen (secondary N) is 2. The Labute approximate surface area is 281 Å². The number of methoxy groups -OCH3 is 1. The molecule has 3 heterocycles. The first-order chi connectivity index (χ1) is 23.1. The summed E-state index contributed by atoms with van der Waals surface area (Å²) in [5.41, 5.74) is 6.55. The summed E-state index contributed by atoms with van der Waals surface area (Å²) in [4.78, 5) is 69.2. The van der Waals surface area contributed by atoms with Crippen LogP contribution in [-0.2, 0) is 37.6 Å². The highest BCUT2D eigenvalue weighted by Gasteiger charge is 2.49. The van der Waals surface area contributed by atoms with Crippen LogP contribution in [-0.4, -0.2) is 93.0 Å². The van der Waals surface area contributed by atoms with Crippen molar-refractivity contribution >= 4 is 34.8 Å². The number of carbonyl (C=O) groups is 3. The predicted octanol–water partition coefficient (Wildman–Crippen LogP) is 2.74. The van der Waals surface area contributed by atoms with E-state index in [2.05, 4.69) is 20.3 Å². The molecule has 3 aromatic rings. The molecule has 1 saturated heterocycles. The molecule has 0 bridgehead atoms. The Kier molecular flexibility index (Phi) is 12.6. The number of esters is 1. The molecule has 0 saturated carbocycles. The van der Waals surface area contributed by atoms with Gasteiger partial charge in [0.25, 0.3) is 0 Å². The zero-order valence-electron chi connectivity index (χ0n) is 28.8. The number of piperidine rings is 1. The highest BCUT2D eigenvalue weighted by Crippen LogP contribution is 2.35. The van der Waals surface area contributed by atoms with Gasteiger partial charge in [-0.25, -0.2) is 4.79 Å². The summed E-state index contributed by atoms with van der Waals surface area (Å²) < 4.78 is 11.9. The molecule has 1 aromatic carbocycles. The summed E-state index contributed by atoms with van der Waals surface area (Å²) in [5, 5.41) is 3.07. The molecule has 0 spiro atoms. The van der Waals surface area contributed by atoms with Crippen molar-refractivity contribution in [2.24, 2.45) is 0 Å². The number of nitrogens with zero attached hydrogens (tertiary/aromatic N) is 5. The predicted molar refractivity (Wildman–Crippen MR) is 182 cm³/mol. The van der Waals surface area contributed by atoms with Crippen LogP contribution in [0.3, 0.4) is 0 Å². The second kappa shape index (κ2) is 16.6. The van der Waals surface area contributed by atoms with Crippen LogP contribution in [0.1, 0.15) is 77.3 Å². The summed E-state index contributed by atoms with van der Waals surface area (Å²) >= 11 is 0. The molecule has 1 aliphatic rings. The smallest absolute Gasteiger partial charge is 0.328 e. The fourth-order valence-corrected chi connectivity index (χ4v) is 6.42. The van der Waals surface area contributed by atoms with Crippen molar-refractivity contribution in [2.45, 2.75) is 90.8 Å². The van der Waals surface area contributed by atoms with Gasteiger partial charge in [-0.15, -0.1) is 0 Å². The van der Waals surface area contributed by atoms with Gasteiger partial charge < -0.3 is 30.4 Å². The van der Waals surface area contributed by atoms with Crippen molar-refractivity contribution in [1.82, 2.24) is 34.6 Å². The summed E-state index contributed by atoms with van der Waals surface area (Å²) in [6, 6.07) is 6.94. The zero-order valence-corrected chi connectivity index (χ0v) is 28.8. The molecule has 2 unspecified atom stereocenters. The van der Waals surface area contributed by atoms with Crippen molar-refractivity contribution in [3.8, 4) is 6.01 Å². The third-order valence-electron chi connectivity index (χ3n) is 9.02. The lowest BCUT2D eigenvalue weighted by atomic mass is 9.85. The van der Waals surface area contributed by atoms with E-state index >= 15 is 0 Å². The van der Waals surface area contributed by atoms with Crippen LogP contribution >= 0.6 is 0 Å². The average molecular weight is 667 g/mol. The fraction of sp³-hybridized carbons (Fsp3) is 0.588. The summed E-state index contributed by atoms with van der Waals surface area (Å²) in [5.74, 6) is -0.635. The lowest BCUT2D eigenvalue weighted by Gasteiger charge is -2.46. The maximum Gasteiger partial charge on any atom is 0.328 e. The molecule has 14 nitrogen and oxygen atoms in total. The summed E-state index contributed by atoms with van der Waals surface area (Å²) in [6.07, 6.45) is 4.13. The number of hydrogen-bond acceptors (Lipinski definition) is 10. The molecule has 2 aromatic heterocycles.